The molecule has 1 aromatic rings. The Bertz CT molecular complexity index is 515. The summed E-state index contributed by atoms with van der Waals surface area (Å²) in [5.74, 6) is -1.11. The molecule has 1 aliphatic rings. The molecule has 0 aromatic heterocycles. The van der Waals surface area contributed by atoms with Gasteiger partial charge in [-0.3, -0.25) is 9.69 Å². The average molecular weight is 281 g/mol. The van der Waals surface area contributed by atoms with Crippen LogP contribution in [0.4, 0.5) is 8.78 Å². The van der Waals surface area contributed by atoms with Gasteiger partial charge in [-0.15, -0.1) is 0 Å². The maximum absolute atomic E-state index is 13.9. The predicted molar refractivity (Wildman–Crippen MR) is 74.7 cm³/mol. The fraction of sp³-hybridized carbons (Fsp3) is 0.562. The Morgan fingerprint density at radius 3 is 2.65 bits per heavy atom. The van der Waals surface area contributed by atoms with Crippen molar-refractivity contribution in [2.24, 2.45) is 5.92 Å². The van der Waals surface area contributed by atoms with E-state index in [-0.39, 0.29) is 11.3 Å². The molecule has 2 unspecified atom stereocenters. The number of Topliss-reactive ketones (excluding diaryl/α,β-unsaturated/α-hetero) is 1. The molecule has 2 nitrogen and oxygen atoms in total. The molecule has 2 atom stereocenters. The molecule has 20 heavy (non-hydrogen) atoms. The minimum atomic E-state index is -0.716. The Labute approximate surface area is 118 Å². The molecule has 110 valence electrons. The second-order valence-electron chi connectivity index (χ2n) is 6.08. The number of likely N-dealkylation sites (N-methyl/N-ethyl adjacent to an activating group) is 1. The topological polar surface area (TPSA) is 20.3 Å². The maximum Gasteiger partial charge on any atom is 0.186 e. The van der Waals surface area contributed by atoms with Crippen LogP contribution in [-0.4, -0.2) is 30.3 Å². The molecule has 0 saturated heterocycles. The molecular formula is C16H21F2NO. The van der Waals surface area contributed by atoms with Crippen LogP contribution in [0, 0.1) is 17.6 Å². The molecule has 0 radical (unpaired) electrons. The first-order valence-corrected chi connectivity index (χ1v) is 7.04. The Morgan fingerprint density at radius 2 is 2.05 bits per heavy atom. The van der Waals surface area contributed by atoms with Gasteiger partial charge in [-0.05, 0) is 51.1 Å². The summed E-state index contributed by atoms with van der Waals surface area (Å²) in [7, 11) is 3.68. The van der Waals surface area contributed by atoms with Gasteiger partial charge in [0.2, 0.25) is 0 Å². The molecule has 2 rings (SSSR count). The zero-order chi connectivity index (χ0) is 14.9. The predicted octanol–water partition coefficient (Wildman–Crippen LogP) is 3.66. The summed E-state index contributed by atoms with van der Waals surface area (Å²) in [6.45, 7) is 2.10. The summed E-state index contributed by atoms with van der Waals surface area (Å²) >= 11 is 0. The van der Waals surface area contributed by atoms with Gasteiger partial charge in [0, 0.05) is 0 Å². The van der Waals surface area contributed by atoms with Gasteiger partial charge in [-0.1, -0.05) is 19.8 Å². The van der Waals surface area contributed by atoms with Crippen molar-refractivity contribution in [3.8, 4) is 0 Å². The van der Waals surface area contributed by atoms with Crippen molar-refractivity contribution in [1.29, 1.82) is 0 Å². The number of hydrogen-bond acceptors (Lipinski definition) is 2. The fourth-order valence-electron chi connectivity index (χ4n) is 3.26. The smallest absolute Gasteiger partial charge is 0.186 e. The molecule has 1 fully saturated rings. The number of carbonyl (C=O) groups excluding carboxylic acids is 1. The molecule has 0 amide bonds. The van der Waals surface area contributed by atoms with Crippen molar-refractivity contribution in [1.82, 2.24) is 4.90 Å². The van der Waals surface area contributed by atoms with Crippen LogP contribution in [0.5, 0.6) is 0 Å². The van der Waals surface area contributed by atoms with Gasteiger partial charge >= 0.3 is 0 Å². The molecule has 0 bridgehead atoms. The van der Waals surface area contributed by atoms with E-state index in [0.29, 0.717) is 18.8 Å². The standard InChI is InChI=1S/C16H21F2NO/c1-11-5-4-8-16(10-11,19(2)3)15(20)13-9-12(17)6-7-14(13)18/h6-7,9,11H,4-5,8,10H2,1-3H3. The maximum atomic E-state index is 13.9. The van der Waals surface area contributed by atoms with Crippen molar-refractivity contribution in [3.05, 3.63) is 35.4 Å². The van der Waals surface area contributed by atoms with Crippen molar-refractivity contribution in [3.63, 3.8) is 0 Å². The Balaban J connectivity index is 2.44. The largest absolute Gasteiger partial charge is 0.297 e. The first-order chi connectivity index (χ1) is 9.36. The van der Waals surface area contributed by atoms with Gasteiger partial charge in [0.1, 0.15) is 11.6 Å². The van der Waals surface area contributed by atoms with E-state index in [1.807, 2.05) is 19.0 Å². The Kier molecular flexibility index (Phi) is 4.23. The SMILES string of the molecule is CC1CCCC(C(=O)c2cc(F)ccc2F)(N(C)C)C1. The van der Waals surface area contributed by atoms with Gasteiger partial charge in [-0.25, -0.2) is 8.78 Å². The summed E-state index contributed by atoms with van der Waals surface area (Å²) < 4.78 is 27.2. The third-order valence-corrected chi connectivity index (χ3v) is 4.43. The number of benzene rings is 1. The summed E-state index contributed by atoms with van der Waals surface area (Å²) in [4.78, 5) is 14.7. The van der Waals surface area contributed by atoms with Crippen molar-refractivity contribution >= 4 is 5.78 Å². The monoisotopic (exact) mass is 281 g/mol. The van der Waals surface area contributed by atoms with Crippen LogP contribution in [0.2, 0.25) is 0 Å². The van der Waals surface area contributed by atoms with E-state index in [4.69, 9.17) is 0 Å². The van der Waals surface area contributed by atoms with Gasteiger partial charge in [0.05, 0.1) is 11.1 Å². The lowest BCUT2D eigenvalue weighted by Crippen LogP contribution is -2.54. The van der Waals surface area contributed by atoms with Crippen molar-refractivity contribution < 1.29 is 13.6 Å². The molecule has 0 spiro atoms. The number of carbonyl (C=O) groups is 1. The minimum absolute atomic E-state index is 0.132. The van der Waals surface area contributed by atoms with E-state index in [1.165, 1.54) is 0 Å². The van der Waals surface area contributed by atoms with Crippen molar-refractivity contribution in [2.75, 3.05) is 14.1 Å². The zero-order valence-corrected chi connectivity index (χ0v) is 12.2. The Hall–Kier alpha value is -1.29. The first kappa shape index (κ1) is 15.1. The van der Waals surface area contributed by atoms with Gasteiger partial charge in [0.15, 0.2) is 5.78 Å². The average Bonchev–Trinajstić information content (AvgIpc) is 2.40. The molecule has 0 N–H and O–H groups in total. The third-order valence-electron chi connectivity index (χ3n) is 4.43. The van der Waals surface area contributed by atoms with E-state index in [9.17, 15) is 13.6 Å². The van der Waals surface area contributed by atoms with Crippen LogP contribution in [0.3, 0.4) is 0 Å². The lowest BCUT2D eigenvalue weighted by Gasteiger charge is -2.43. The van der Waals surface area contributed by atoms with Crippen LogP contribution >= 0.6 is 0 Å². The zero-order valence-electron chi connectivity index (χ0n) is 12.2. The summed E-state index contributed by atoms with van der Waals surface area (Å²) in [5.41, 5.74) is -0.848. The lowest BCUT2D eigenvalue weighted by molar-refractivity contribution is 0.0481. The van der Waals surface area contributed by atoms with Crippen LogP contribution < -0.4 is 0 Å². The second kappa shape index (κ2) is 5.60. The molecule has 0 aliphatic heterocycles. The normalized spacial score (nSPS) is 26.8. The second-order valence-corrected chi connectivity index (χ2v) is 6.08. The highest BCUT2D eigenvalue weighted by atomic mass is 19.1. The van der Waals surface area contributed by atoms with Crippen LogP contribution in [-0.2, 0) is 0 Å². The van der Waals surface area contributed by atoms with Crippen LogP contribution in [0.25, 0.3) is 0 Å². The van der Waals surface area contributed by atoms with E-state index in [2.05, 4.69) is 6.92 Å². The molecule has 1 aliphatic carbocycles. The van der Waals surface area contributed by atoms with Gasteiger partial charge in [0.25, 0.3) is 0 Å². The highest BCUT2D eigenvalue weighted by molar-refractivity contribution is 6.03. The van der Waals surface area contributed by atoms with Crippen LogP contribution in [0.1, 0.15) is 43.0 Å². The minimum Gasteiger partial charge on any atom is -0.297 e. The lowest BCUT2D eigenvalue weighted by atomic mass is 9.71. The number of nitrogens with zero attached hydrogens (tertiary/aromatic N) is 1. The van der Waals surface area contributed by atoms with E-state index >= 15 is 0 Å². The van der Waals surface area contributed by atoms with E-state index < -0.39 is 17.2 Å². The Morgan fingerprint density at radius 1 is 1.35 bits per heavy atom. The molecule has 1 saturated carbocycles. The summed E-state index contributed by atoms with van der Waals surface area (Å²) in [6.07, 6.45) is 3.39. The van der Waals surface area contributed by atoms with E-state index in [1.54, 1.807) is 0 Å². The summed E-state index contributed by atoms with van der Waals surface area (Å²) in [6, 6.07) is 3.08. The quantitative estimate of drug-likeness (QED) is 0.788. The molecule has 4 heteroatoms. The number of ketones is 1. The highest BCUT2D eigenvalue weighted by Crippen LogP contribution is 2.38. The molecular weight excluding hydrogens is 260 g/mol. The van der Waals surface area contributed by atoms with Gasteiger partial charge in [-0.2, -0.15) is 0 Å². The van der Waals surface area contributed by atoms with E-state index in [0.717, 1.165) is 31.0 Å². The third kappa shape index (κ3) is 2.62. The molecule has 0 heterocycles. The molecule has 1 aromatic carbocycles. The van der Waals surface area contributed by atoms with Gasteiger partial charge < -0.3 is 0 Å². The number of rotatable bonds is 3. The van der Waals surface area contributed by atoms with Crippen molar-refractivity contribution in [2.45, 2.75) is 38.1 Å². The highest BCUT2D eigenvalue weighted by Gasteiger charge is 2.44. The fourth-order valence-corrected chi connectivity index (χ4v) is 3.26. The number of halogens is 2. The number of hydrogen-bond donors (Lipinski definition) is 0. The first-order valence-electron chi connectivity index (χ1n) is 7.04. The van der Waals surface area contributed by atoms with Crippen LogP contribution in [0.15, 0.2) is 18.2 Å². The summed E-state index contributed by atoms with van der Waals surface area (Å²) in [5, 5.41) is 0.